The zero-order valence-corrected chi connectivity index (χ0v) is 50.8. The van der Waals surface area contributed by atoms with Gasteiger partial charge in [-0.05, 0) is 112 Å². The van der Waals surface area contributed by atoms with Gasteiger partial charge in [-0.15, -0.1) is 0 Å². The summed E-state index contributed by atoms with van der Waals surface area (Å²) in [5.74, 6) is -2.51. The van der Waals surface area contributed by atoms with Crippen molar-refractivity contribution in [1.29, 1.82) is 0 Å². The number of piperazine rings is 2. The molecule has 0 spiro atoms. The molecule has 4 amide bonds. The smallest absolute Gasteiger partial charge is 0.411 e. The minimum atomic E-state index is -1.28. The Morgan fingerprint density at radius 2 is 0.837 bits per heavy atom. The number of carbonyl (C=O) groups excluding carboxylic acids is 7. The van der Waals surface area contributed by atoms with E-state index in [9.17, 15) is 43.8 Å². The van der Waals surface area contributed by atoms with Crippen LogP contribution in [0.4, 0.5) is 9.59 Å². The van der Waals surface area contributed by atoms with Crippen LogP contribution < -0.4 is 5.73 Å². The van der Waals surface area contributed by atoms with Gasteiger partial charge in [0.1, 0.15) is 29.1 Å². The van der Waals surface area contributed by atoms with Gasteiger partial charge in [0.2, 0.25) is 11.8 Å². The maximum absolute atomic E-state index is 14.0. The highest BCUT2D eigenvalue weighted by Gasteiger charge is 2.47. The highest BCUT2D eigenvalue weighted by molar-refractivity contribution is 5.89. The van der Waals surface area contributed by atoms with Gasteiger partial charge in [0.05, 0.1) is 12.2 Å². The van der Waals surface area contributed by atoms with E-state index >= 15 is 0 Å². The first kappa shape index (κ1) is 66.6. The Hall–Kier alpha value is -8.51. The van der Waals surface area contributed by atoms with Crippen molar-refractivity contribution < 1.29 is 58.0 Å². The molecule has 4 N–H and O–H groups in total. The molecule has 2 fully saturated rings. The number of ether oxygens (including phenoxy) is 3. The number of aliphatic hydroxyl groups excluding tert-OH is 2. The van der Waals surface area contributed by atoms with Crippen LogP contribution in [-0.4, -0.2) is 139 Å². The Balaban J connectivity index is 0.000000248. The molecular formula is C69H83N5O12. The van der Waals surface area contributed by atoms with E-state index in [1.807, 2.05) is 170 Å². The summed E-state index contributed by atoms with van der Waals surface area (Å²) in [6, 6.07) is 52.1. The van der Waals surface area contributed by atoms with Crippen LogP contribution in [0.5, 0.6) is 0 Å². The van der Waals surface area contributed by atoms with E-state index in [0.717, 1.165) is 44.5 Å². The molecule has 2 heterocycles. The van der Waals surface area contributed by atoms with Gasteiger partial charge in [0, 0.05) is 65.6 Å². The van der Waals surface area contributed by atoms with Gasteiger partial charge in [0.25, 0.3) is 0 Å². The molecule has 2 saturated heterocycles. The molecule has 8 rings (SSSR count). The third kappa shape index (κ3) is 20.3. The van der Waals surface area contributed by atoms with Crippen LogP contribution in [0.15, 0.2) is 170 Å². The van der Waals surface area contributed by atoms with E-state index in [2.05, 4.69) is 4.74 Å². The molecule has 17 nitrogen and oxygen atoms in total. The van der Waals surface area contributed by atoms with Gasteiger partial charge in [-0.25, -0.2) is 9.59 Å². The van der Waals surface area contributed by atoms with E-state index in [1.165, 1.54) is 30.6 Å². The highest BCUT2D eigenvalue weighted by atomic mass is 16.6. The Kier molecular flexibility index (Phi) is 24.1. The van der Waals surface area contributed by atoms with Crippen molar-refractivity contribution in [3.05, 3.63) is 192 Å². The molecule has 456 valence electrons. The largest absolute Gasteiger partial charge is 0.444 e. The standard InChI is InChI=1S/C34H40N2O5.C31H37N3O4.C4H6O3/c1-24(37)20-29(22-26-14-11-17-28(21-26)27-15-9-6-10-16-27)31(38)30-32(39)35(23-25-12-7-5-8-13-25)18-19-36(30)33(40)41-34(2,3)4;1-31(2,3)38-30(37)34-18-17-33(21-22-11-6-4-7-12-22)29(36)27(34)28(35)26(32)20-23-13-10-16-25(19-23)24-14-8-5-9-15-24;1-3(5)7-4(2)6/h5-17,21,29-31,38H,18-20,22-23H2,1-4H3;4-16,19,26-28,35H,17-18,20-21,32H2,1-3H3;1-2H3/t29-,30-,31-;26-,27-,28-;/m00./s1. The summed E-state index contributed by atoms with van der Waals surface area (Å²) in [6.07, 6.45) is -3.07. The maximum atomic E-state index is 14.0. The molecule has 0 bridgehead atoms. The topological polar surface area (TPSA) is 227 Å². The van der Waals surface area contributed by atoms with Crippen LogP contribution in [0, 0.1) is 5.92 Å². The van der Waals surface area contributed by atoms with Crippen molar-refractivity contribution in [3.8, 4) is 22.3 Å². The number of ketones is 1. The molecule has 0 aromatic heterocycles. The number of aliphatic hydroxyl groups is 2. The molecule has 0 saturated carbocycles. The summed E-state index contributed by atoms with van der Waals surface area (Å²) in [6.45, 7) is 16.3. The molecule has 86 heavy (non-hydrogen) atoms. The Bertz CT molecular complexity index is 3190. The van der Waals surface area contributed by atoms with Crippen LogP contribution in [0.1, 0.15) is 91.0 Å². The number of hydrogen-bond donors (Lipinski definition) is 3. The lowest BCUT2D eigenvalue weighted by molar-refractivity contribution is -0.156. The van der Waals surface area contributed by atoms with Gasteiger partial charge >= 0.3 is 24.1 Å². The van der Waals surface area contributed by atoms with E-state index in [-0.39, 0.29) is 37.1 Å². The molecule has 17 heteroatoms. The van der Waals surface area contributed by atoms with Crippen molar-refractivity contribution in [1.82, 2.24) is 19.6 Å². The van der Waals surface area contributed by atoms with Gasteiger partial charge in [-0.1, -0.05) is 170 Å². The van der Waals surface area contributed by atoms with Crippen molar-refractivity contribution >= 4 is 41.7 Å². The van der Waals surface area contributed by atoms with E-state index < -0.39 is 71.6 Å². The number of amides is 4. The summed E-state index contributed by atoms with van der Waals surface area (Å²) >= 11 is 0. The van der Waals surface area contributed by atoms with Crippen LogP contribution in [0.2, 0.25) is 0 Å². The normalized spacial score (nSPS) is 16.7. The number of nitrogens with two attached hydrogens (primary N) is 1. The fourth-order valence-corrected chi connectivity index (χ4v) is 10.3. The third-order valence-corrected chi connectivity index (χ3v) is 14.2. The average molecular weight is 1170 g/mol. The Morgan fingerprint density at radius 3 is 1.20 bits per heavy atom. The average Bonchev–Trinajstić information content (AvgIpc) is 1.16. The van der Waals surface area contributed by atoms with Crippen LogP contribution >= 0.6 is 0 Å². The first-order valence-electron chi connectivity index (χ1n) is 29.0. The lowest BCUT2D eigenvalue weighted by atomic mass is 9.84. The van der Waals surface area contributed by atoms with Gasteiger partial charge in [-0.3, -0.25) is 29.0 Å². The number of Topliss-reactive ketones (excluding diaryl/α,β-unsaturated/α-hetero) is 1. The lowest BCUT2D eigenvalue weighted by Gasteiger charge is -2.44. The van der Waals surface area contributed by atoms with Gasteiger partial charge in [0.15, 0.2) is 0 Å². The van der Waals surface area contributed by atoms with Crippen LogP contribution in [0.3, 0.4) is 0 Å². The summed E-state index contributed by atoms with van der Waals surface area (Å²) in [7, 11) is 0. The second kappa shape index (κ2) is 31.0. The number of benzene rings is 6. The van der Waals surface area contributed by atoms with Gasteiger partial charge < -0.3 is 44.8 Å². The van der Waals surface area contributed by atoms with E-state index in [0.29, 0.717) is 39.0 Å². The summed E-state index contributed by atoms with van der Waals surface area (Å²) in [5, 5.41) is 23.3. The predicted octanol–water partition coefficient (Wildman–Crippen LogP) is 9.83. The summed E-state index contributed by atoms with van der Waals surface area (Å²) in [5.41, 5.74) is 13.0. The quantitative estimate of drug-likeness (QED) is 0.0466. The van der Waals surface area contributed by atoms with Crippen LogP contribution in [0.25, 0.3) is 22.3 Å². The number of rotatable bonds is 16. The number of carbonyl (C=O) groups is 7. The Morgan fingerprint density at radius 1 is 0.488 bits per heavy atom. The van der Waals surface area contributed by atoms with Crippen molar-refractivity contribution in [2.45, 2.75) is 136 Å². The molecular weight excluding hydrogens is 1090 g/mol. The number of hydrogen-bond acceptors (Lipinski definition) is 13. The monoisotopic (exact) mass is 1170 g/mol. The first-order chi connectivity index (χ1) is 40.8. The maximum Gasteiger partial charge on any atom is 0.411 e. The van der Waals surface area contributed by atoms with Crippen molar-refractivity contribution in [2.24, 2.45) is 11.7 Å². The molecule has 2 aliphatic rings. The predicted molar refractivity (Wildman–Crippen MR) is 330 cm³/mol. The van der Waals surface area contributed by atoms with Crippen LogP contribution in [-0.2, 0) is 64.1 Å². The van der Waals surface area contributed by atoms with E-state index in [1.54, 1.807) is 51.3 Å². The van der Waals surface area contributed by atoms with E-state index in [4.69, 9.17) is 15.2 Å². The molecule has 0 aliphatic carbocycles. The molecule has 0 radical (unpaired) electrons. The molecule has 0 unspecified atom stereocenters. The second-order valence-electron chi connectivity index (χ2n) is 23.7. The third-order valence-electron chi connectivity index (χ3n) is 14.2. The molecule has 2 aliphatic heterocycles. The van der Waals surface area contributed by atoms with Crippen molar-refractivity contribution in [3.63, 3.8) is 0 Å². The number of nitrogens with zero attached hydrogens (tertiary/aromatic N) is 4. The second-order valence-corrected chi connectivity index (χ2v) is 23.7. The minimum absolute atomic E-state index is 0.0708. The number of esters is 2. The fourth-order valence-electron chi connectivity index (χ4n) is 10.3. The summed E-state index contributed by atoms with van der Waals surface area (Å²) < 4.78 is 15.2. The minimum Gasteiger partial charge on any atom is -0.444 e. The zero-order valence-electron chi connectivity index (χ0n) is 50.8. The Labute approximate surface area is 505 Å². The molecule has 6 atom stereocenters. The molecule has 6 aromatic rings. The first-order valence-corrected chi connectivity index (χ1v) is 29.0. The zero-order chi connectivity index (χ0) is 62.7. The highest BCUT2D eigenvalue weighted by Crippen LogP contribution is 2.30. The fraction of sp³-hybridized carbons (Fsp3) is 0.377. The van der Waals surface area contributed by atoms with Crippen molar-refractivity contribution in [2.75, 3.05) is 26.2 Å². The molecule has 6 aromatic carbocycles. The SMILES string of the molecule is CC(=O)C[C@@H](Cc1cccc(-c2ccccc2)c1)[C@H](O)[C@H]1C(=O)N(Cc2ccccc2)CCN1C(=O)OC(C)(C)C.CC(=O)OC(C)=O.CC(C)(C)OC(=O)N1CCN(Cc2ccccc2)C(=O)[C@@H]1[C@@H](O)[C@@H](N)Cc1cccc(-c2ccccc2)c1. The lowest BCUT2D eigenvalue weighted by Crippen LogP contribution is -2.65. The summed E-state index contributed by atoms with van der Waals surface area (Å²) in [4.78, 5) is 92.1. The van der Waals surface area contributed by atoms with Gasteiger partial charge in [-0.2, -0.15) is 0 Å².